The van der Waals surface area contributed by atoms with Crippen LogP contribution < -0.4 is 5.43 Å². The van der Waals surface area contributed by atoms with Crippen molar-refractivity contribution in [3.8, 4) is 0 Å². The number of furan rings is 1. The molecule has 1 aromatic carbocycles. The van der Waals surface area contributed by atoms with Gasteiger partial charge in [-0.15, -0.1) is 10.2 Å². The molecule has 7 nitrogen and oxygen atoms in total. The van der Waals surface area contributed by atoms with Crippen LogP contribution in [0.25, 0.3) is 22.1 Å². The number of aromatic nitrogens is 4. The molecule has 0 aliphatic carbocycles. The second kappa shape index (κ2) is 4.96. The van der Waals surface area contributed by atoms with Crippen LogP contribution in [0.2, 0.25) is 0 Å². The summed E-state index contributed by atoms with van der Waals surface area (Å²) in [4.78, 5) is 7.57. The Balaban J connectivity index is 1.62. The molecule has 0 aliphatic rings. The van der Waals surface area contributed by atoms with Crippen molar-refractivity contribution in [2.24, 2.45) is 5.10 Å². The minimum Gasteiger partial charge on any atom is -0.460 e. The van der Waals surface area contributed by atoms with Gasteiger partial charge in [0.25, 0.3) is 5.95 Å². The van der Waals surface area contributed by atoms with Crippen molar-refractivity contribution in [1.29, 1.82) is 0 Å². The minimum atomic E-state index is 0.318. The number of H-pyrrole nitrogens is 1. The largest absolute Gasteiger partial charge is 0.460 e. The lowest BCUT2D eigenvalue weighted by Crippen LogP contribution is -1.98. The normalized spacial score (nSPS) is 11.7. The van der Waals surface area contributed by atoms with E-state index in [1.165, 1.54) is 0 Å². The van der Waals surface area contributed by atoms with Gasteiger partial charge in [0.15, 0.2) is 5.65 Å². The van der Waals surface area contributed by atoms with E-state index in [2.05, 4.69) is 30.7 Å². The molecule has 0 radical (unpaired) electrons. The third kappa shape index (κ3) is 2.18. The van der Waals surface area contributed by atoms with Crippen LogP contribution in [-0.2, 0) is 0 Å². The first-order valence-corrected chi connectivity index (χ1v) is 6.76. The van der Waals surface area contributed by atoms with Gasteiger partial charge in [-0.2, -0.15) is 10.1 Å². The molecule has 108 valence electrons. The number of hydrogen-bond acceptors (Lipinski definition) is 6. The standard InChI is InChI=1S/C15H12N6O/c1-9-6-7-10(22-9)8-16-20-15-18-14-13(19-21-15)11-4-2-3-5-12(11)17-14/h2-8H,1H3,(H2,17,18,20,21)/b16-8-. The first-order chi connectivity index (χ1) is 10.8. The highest BCUT2D eigenvalue weighted by atomic mass is 16.3. The van der Waals surface area contributed by atoms with Crippen molar-refractivity contribution in [2.45, 2.75) is 6.92 Å². The number of fused-ring (bicyclic) bond motifs is 3. The molecular weight excluding hydrogens is 280 g/mol. The molecule has 0 bridgehead atoms. The lowest BCUT2D eigenvalue weighted by molar-refractivity contribution is 0.528. The molecule has 3 aromatic heterocycles. The number of nitrogens with one attached hydrogen (secondary N) is 2. The first kappa shape index (κ1) is 12.5. The van der Waals surface area contributed by atoms with Gasteiger partial charge in [-0.1, -0.05) is 18.2 Å². The Bertz CT molecular complexity index is 984. The van der Waals surface area contributed by atoms with Crippen molar-refractivity contribution in [1.82, 2.24) is 20.2 Å². The van der Waals surface area contributed by atoms with E-state index in [0.29, 0.717) is 17.4 Å². The van der Waals surface area contributed by atoms with Crippen molar-refractivity contribution in [2.75, 3.05) is 5.43 Å². The fraction of sp³-hybridized carbons (Fsp3) is 0.0667. The van der Waals surface area contributed by atoms with Gasteiger partial charge in [0.1, 0.15) is 17.0 Å². The van der Waals surface area contributed by atoms with Crippen LogP contribution in [0, 0.1) is 6.92 Å². The second-order valence-electron chi connectivity index (χ2n) is 4.82. The zero-order valence-electron chi connectivity index (χ0n) is 11.7. The molecule has 22 heavy (non-hydrogen) atoms. The van der Waals surface area contributed by atoms with Gasteiger partial charge >= 0.3 is 0 Å². The highest BCUT2D eigenvalue weighted by Gasteiger charge is 2.07. The van der Waals surface area contributed by atoms with Gasteiger partial charge in [-0.05, 0) is 25.1 Å². The summed E-state index contributed by atoms with van der Waals surface area (Å²) in [7, 11) is 0. The maximum atomic E-state index is 5.38. The molecule has 0 amide bonds. The maximum Gasteiger partial charge on any atom is 0.265 e. The zero-order valence-corrected chi connectivity index (χ0v) is 11.7. The number of aromatic amines is 1. The van der Waals surface area contributed by atoms with E-state index in [1.54, 1.807) is 6.21 Å². The number of anilines is 1. The van der Waals surface area contributed by atoms with Gasteiger partial charge in [0.2, 0.25) is 0 Å². The quantitative estimate of drug-likeness (QED) is 0.447. The maximum absolute atomic E-state index is 5.38. The van der Waals surface area contributed by atoms with Crippen molar-refractivity contribution in [3.63, 3.8) is 0 Å². The molecule has 0 atom stereocenters. The Morgan fingerprint density at radius 1 is 1.18 bits per heavy atom. The van der Waals surface area contributed by atoms with E-state index < -0.39 is 0 Å². The molecule has 0 saturated carbocycles. The Morgan fingerprint density at radius 3 is 2.95 bits per heavy atom. The summed E-state index contributed by atoms with van der Waals surface area (Å²) < 4.78 is 5.38. The molecule has 0 fully saturated rings. The van der Waals surface area contributed by atoms with Crippen LogP contribution in [0.5, 0.6) is 0 Å². The van der Waals surface area contributed by atoms with Gasteiger partial charge < -0.3 is 9.40 Å². The summed E-state index contributed by atoms with van der Waals surface area (Å²) in [6.07, 6.45) is 1.56. The highest BCUT2D eigenvalue weighted by molar-refractivity contribution is 6.03. The minimum absolute atomic E-state index is 0.318. The van der Waals surface area contributed by atoms with Crippen molar-refractivity contribution in [3.05, 3.63) is 47.9 Å². The Morgan fingerprint density at radius 2 is 2.09 bits per heavy atom. The second-order valence-corrected chi connectivity index (χ2v) is 4.82. The summed E-state index contributed by atoms with van der Waals surface area (Å²) in [6, 6.07) is 11.6. The molecule has 0 unspecified atom stereocenters. The number of benzene rings is 1. The van der Waals surface area contributed by atoms with Crippen LogP contribution >= 0.6 is 0 Å². The smallest absolute Gasteiger partial charge is 0.265 e. The van der Waals surface area contributed by atoms with Crippen LogP contribution in [0.3, 0.4) is 0 Å². The summed E-state index contributed by atoms with van der Waals surface area (Å²) in [5.41, 5.74) is 5.13. The topological polar surface area (TPSA) is 92.0 Å². The van der Waals surface area contributed by atoms with Gasteiger partial charge in [0, 0.05) is 10.9 Å². The summed E-state index contributed by atoms with van der Waals surface area (Å²) >= 11 is 0. The predicted molar refractivity (Wildman–Crippen MR) is 83.9 cm³/mol. The van der Waals surface area contributed by atoms with E-state index in [4.69, 9.17) is 4.42 Å². The molecule has 2 N–H and O–H groups in total. The number of rotatable bonds is 3. The fourth-order valence-corrected chi connectivity index (χ4v) is 2.24. The molecule has 0 aliphatic heterocycles. The number of aryl methyl sites for hydroxylation is 1. The molecule has 0 saturated heterocycles. The lowest BCUT2D eigenvalue weighted by atomic mass is 10.2. The average molecular weight is 292 g/mol. The molecule has 3 heterocycles. The van der Waals surface area contributed by atoms with E-state index in [1.807, 2.05) is 43.3 Å². The molecule has 4 rings (SSSR count). The van der Waals surface area contributed by atoms with E-state index in [0.717, 1.165) is 22.2 Å². The van der Waals surface area contributed by atoms with Crippen LogP contribution in [-0.4, -0.2) is 26.4 Å². The lowest BCUT2D eigenvalue weighted by Gasteiger charge is -1.96. The van der Waals surface area contributed by atoms with Crippen LogP contribution in [0.15, 0.2) is 45.9 Å². The van der Waals surface area contributed by atoms with Crippen LogP contribution in [0.4, 0.5) is 5.95 Å². The van der Waals surface area contributed by atoms with Crippen molar-refractivity contribution >= 4 is 34.2 Å². The Kier molecular flexibility index (Phi) is 2.82. The number of hydrazone groups is 1. The van der Waals surface area contributed by atoms with Gasteiger partial charge in [-0.25, -0.2) is 5.43 Å². The van der Waals surface area contributed by atoms with Crippen molar-refractivity contribution < 1.29 is 4.42 Å². The number of nitrogens with zero attached hydrogens (tertiary/aromatic N) is 4. The third-order valence-corrected chi connectivity index (χ3v) is 3.24. The van der Waals surface area contributed by atoms with E-state index in [9.17, 15) is 0 Å². The van der Waals surface area contributed by atoms with E-state index >= 15 is 0 Å². The predicted octanol–water partition coefficient (Wildman–Crippen LogP) is 2.85. The number of para-hydroxylation sites is 1. The highest BCUT2D eigenvalue weighted by Crippen LogP contribution is 2.21. The molecule has 4 aromatic rings. The molecule has 7 heteroatoms. The van der Waals surface area contributed by atoms with E-state index in [-0.39, 0.29) is 0 Å². The molecule has 0 spiro atoms. The third-order valence-electron chi connectivity index (χ3n) is 3.24. The Labute approximate surface area is 125 Å². The number of hydrogen-bond donors (Lipinski definition) is 2. The molecular formula is C15H12N6O. The van der Waals surface area contributed by atoms with Gasteiger partial charge in [0.05, 0.1) is 6.21 Å². The summed E-state index contributed by atoms with van der Waals surface area (Å²) in [5, 5.41) is 13.3. The SMILES string of the molecule is Cc1ccc(/C=N\Nc2nnc3c(n2)[nH]c2ccccc23)o1. The first-order valence-electron chi connectivity index (χ1n) is 6.76. The fourth-order valence-electron chi connectivity index (χ4n) is 2.24. The summed E-state index contributed by atoms with van der Waals surface area (Å²) in [6.45, 7) is 1.88. The average Bonchev–Trinajstić information content (AvgIpc) is 3.10. The summed E-state index contributed by atoms with van der Waals surface area (Å²) in [5.74, 6) is 1.81. The zero-order chi connectivity index (χ0) is 14.9. The van der Waals surface area contributed by atoms with Crippen LogP contribution in [0.1, 0.15) is 11.5 Å². The monoisotopic (exact) mass is 292 g/mol. The Hall–Kier alpha value is -3.22. The van der Waals surface area contributed by atoms with Gasteiger partial charge in [-0.3, -0.25) is 0 Å².